The molecule has 0 fully saturated rings. The lowest BCUT2D eigenvalue weighted by molar-refractivity contribution is 0.0600. The van der Waals surface area contributed by atoms with Crippen molar-refractivity contribution in [3.05, 3.63) is 45.8 Å². The lowest BCUT2D eigenvalue weighted by Crippen LogP contribution is -2.26. The summed E-state index contributed by atoms with van der Waals surface area (Å²) in [5.41, 5.74) is 2.20. The number of methoxy groups -OCH3 is 1. The summed E-state index contributed by atoms with van der Waals surface area (Å²) in [4.78, 5) is 26.9. The van der Waals surface area contributed by atoms with Gasteiger partial charge in [-0.15, -0.1) is 11.3 Å². The van der Waals surface area contributed by atoms with E-state index in [1.807, 2.05) is 12.1 Å². The summed E-state index contributed by atoms with van der Waals surface area (Å²) < 4.78 is 10.9. The number of fused-ring (bicyclic) bond motifs is 1. The first-order valence-corrected chi connectivity index (χ1v) is 11.8. The largest absolute Gasteiger partial charge is 0.493 e. The summed E-state index contributed by atoms with van der Waals surface area (Å²) in [5.74, 6) is 0.431. The Kier molecular flexibility index (Phi) is 7.42. The van der Waals surface area contributed by atoms with Gasteiger partial charge in [0.1, 0.15) is 10.8 Å². The number of amides is 1. The highest BCUT2D eigenvalue weighted by Gasteiger charge is 2.34. The molecule has 1 aromatic carbocycles. The predicted molar refractivity (Wildman–Crippen MR) is 125 cm³/mol. The van der Waals surface area contributed by atoms with Gasteiger partial charge < -0.3 is 14.8 Å². The molecule has 0 saturated carbocycles. The van der Waals surface area contributed by atoms with Crippen LogP contribution in [-0.2, 0) is 17.6 Å². The fourth-order valence-electron chi connectivity index (χ4n) is 4.01. The third-order valence-corrected chi connectivity index (χ3v) is 7.16. The molecule has 1 aliphatic rings. The number of hydrogen-bond acceptors (Lipinski definition) is 5. The Morgan fingerprint density at radius 3 is 2.65 bits per heavy atom. The van der Waals surface area contributed by atoms with Crippen molar-refractivity contribution in [2.24, 2.45) is 11.3 Å². The van der Waals surface area contributed by atoms with Crippen LogP contribution in [0, 0.1) is 11.3 Å². The number of rotatable bonds is 7. The van der Waals surface area contributed by atoms with E-state index in [-0.39, 0.29) is 11.3 Å². The monoisotopic (exact) mass is 443 g/mol. The van der Waals surface area contributed by atoms with Crippen molar-refractivity contribution in [1.29, 1.82) is 0 Å². The number of thiophene rings is 1. The van der Waals surface area contributed by atoms with Crippen molar-refractivity contribution in [1.82, 2.24) is 0 Å². The van der Waals surface area contributed by atoms with Crippen LogP contribution in [0.25, 0.3) is 0 Å². The highest BCUT2D eigenvalue weighted by molar-refractivity contribution is 7.17. The van der Waals surface area contributed by atoms with Crippen LogP contribution in [0.4, 0.5) is 5.00 Å². The predicted octanol–water partition coefficient (Wildman–Crippen LogP) is 6.12. The first kappa shape index (κ1) is 23.3. The molecule has 1 atom stereocenters. The van der Waals surface area contributed by atoms with Crippen LogP contribution in [0.5, 0.6) is 5.75 Å². The molecule has 1 aliphatic carbocycles. The standard InChI is InChI=1S/C25H33NO4S/c1-6-7-14-30-19-11-9-8-10-17(19)22(27)26-23-21(24(28)29-5)18-13-12-16(25(2,3)4)15-20(18)31-23/h8-11,16H,6-7,12-15H2,1-5H3,(H,26,27). The summed E-state index contributed by atoms with van der Waals surface area (Å²) in [5, 5.41) is 3.55. The minimum absolute atomic E-state index is 0.200. The van der Waals surface area contributed by atoms with Gasteiger partial charge in [0.25, 0.3) is 5.91 Å². The van der Waals surface area contributed by atoms with Gasteiger partial charge in [-0.3, -0.25) is 4.79 Å². The maximum Gasteiger partial charge on any atom is 0.341 e. The van der Waals surface area contributed by atoms with Crippen LogP contribution in [0.1, 0.15) is 78.1 Å². The summed E-state index contributed by atoms with van der Waals surface area (Å²) >= 11 is 1.50. The van der Waals surface area contributed by atoms with E-state index in [9.17, 15) is 9.59 Å². The first-order chi connectivity index (χ1) is 14.8. The maximum absolute atomic E-state index is 13.1. The van der Waals surface area contributed by atoms with Crippen molar-refractivity contribution in [2.45, 2.75) is 59.8 Å². The first-order valence-electron chi connectivity index (χ1n) is 11.0. The normalized spacial score (nSPS) is 15.8. The molecule has 0 radical (unpaired) electrons. The molecule has 0 bridgehead atoms. The summed E-state index contributed by atoms with van der Waals surface area (Å²) in [6.45, 7) is 9.44. The molecule has 5 nitrogen and oxygen atoms in total. The second-order valence-electron chi connectivity index (χ2n) is 9.16. The van der Waals surface area contributed by atoms with E-state index in [1.54, 1.807) is 12.1 Å². The lowest BCUT2D eigenvalue weighted by atomic mass is 9.72. The van der Waals surface area contributed by atoms with Crippen molar-refractivity contribution in [3.8, 4) is 5.75 Å². The lowest BCUT2D eigenvalue weighted by Gasteiger charge is -2.33. The van der Waals surface area contributed by atoms with Gasteiger partial charge >= 0.3 is 5.97 Å². The molecule has 168 valence electrons. The van der Waals surface area contributed by atoms with Crippen molar-refractivity contribution in [3.63, 3.8) is 0 Å². The Balaban J connectivity index is 1.89. The summed E-state index contributed by atoms with van der Waals surface area (Å²) in [6.07, 6.45) is 4.71. The highest BCUT2D eigenvalue weighted by atomic mass is 32.1. The van der Waals surface area contributed by atoms with E-state index in [0.717, 1.165) is 37.7 Å². The molecule has 1 heterocycles. The number of para-hydroxylation sites is 1. The average molecular weight is 444 g/mol. The molecule has 1 N–H and O–H groups in total. The van der Waals surface area contributed by atoms with E-state index >= 15 is 0 Å². The molecule has 0 spiro atoms. The summed E-state index contributed by atoms with van der Waals surface area (Å²) in [7, 11) is 1.38. The third kappa shape index (κ3) is 5.29. The molecule has 31 heavy (non-hydrogen) atoms. The molecule has 6 heteroatoms. The molecule has 3 rings (SSSR count). The number of carbonyl (C=O) groups excluding carboxylic acids is 2. The Morgan fingerprint density at radius 1 is 1.23 bits per heavy atom. The maximum atomic E-state index is 13.1. The summed E-state index contributed by atoms with van der Waals surface area (Å²) in [6, 6.07) is 7.22. The molecule has 2 aromatic rings. The van der Waals surface area contributed by atoms with Crippen molar-refractivity contribution >= 4 is 28.2 Å². The zero-order chi connectivity index (χ0) is 22.6. The van der Waals surface area contributed by atoms with Gasteiger partial charge in [-0.2, -0.15) is 0 Å². The zero-order valence-electron chi connectivity index (χ0n) is 19.2. The Bertz CT molecular complexity index is 941. The van der Waals surface area contributed by atoms with Crippen LogP contribution >= 0.6 is 11.3 Å². The molecular weight excluding hydrogens is 410 g/mol. The average Bonchev–Trinajstić information content (AvgIpc) is 3.10. The SMILES string of the molecule is CCCCOc1ccccc1C(=O)Nc1sc2c(c1C(=O)OC)CCC(C(C)(C)C)C2. The molecule has 1 amide bonds. The number of anilines is 1. The van der Waals surface area contributed by atoms with E-state index < -0.39 is 5.97 Å². The van der Waals surface area contributed by atoms with E-state index in [2.05, 4.69) is 33.0 Å². The van der Waals surface area contributed by atoms with E-state index in [4.69, 9.17) is 9.47 Å². The number of nitrogens with one attached hydrogen (secondary N) is 1. The number of carbonyl (C=O) groups is 2. The van der Waals surface area contributed by atoms with Gasteiger partial charge in [-0.25, -0.2) is 4.79 Å². The van der Waals surface area contributed by atoms with E-state index in [1.165, 1.54) is 23.3 Å². The van der Waals surface area contributed by atoms with Gasteiger partial charge in [0, 0.05) is 4.88 Å². The highest BCUT2D eigenvalue weighted by Crippen LogP contribution is 2.44. The van der Waals surface area contributed by atoms with Crippen LogP contribution < -0.4 is 10.1 Å². The van der Waals surface area contributed by atoms with Gasteiger partial charge in [0.2, 0.25) is 0 Å². The smallest absolute Gasteiger partial charge is 0.341 e. The Morgan fingerprint density at radius 2 is 1.97 bits per heavy atom. The number of ether oxygens (including phenoxy) is 2. The van der Waals surface area contributed by atoms with Crippen molar-refractivity contribution in [2.75, 3.05) is 19.0 Å². The number of hydrogen-bond donors (Lipinski definition) is 1. The van der Waals surface area contributed by atoms with Crippen LogP contribution in [0.2, 0.25) is 0 Å². The fourth-order valence-corrected chi connectivity index (χ4v) is 5.32. The van der Waals surface area contributed by atoms with Gasteiger partial charge in [0.05, 0.1) is 24.8 Å². The topological polar surface area (TPSA) is 64.6 Å². The minimum Gasteiger partial charge on any atom is -0.493 e. The van der Waals surface area contributed by atoms with Crippen LogP contribution in [-0.4, -0.2) is 25.6 Å². The third-order valence-electron chi connectivity index (χ3n) is 5.99. The van der Waals surface area contributed by atoms with Gasteiger partial charge in [-0.05, 0) is 54.7 Å². The second kappa shape index (κ2) is 9.86. The fraction of sp³-hybridized carbons (Fsp3) is 0.520. The van der Waals surface area contributed by atoms with E-state index in [0.29, 0.717) is 34.4 Å². The number of benzene rings is 1. The quantitative estimate of drug-likeness (QED) is 0.414. The van der Waals surface area contributed by atoms with Gasteiger partial charge in [0.15, 0.2) is 0 Å². The van der Waals surface area contributed by atoms with Crippen molar-refractivity contribution < 1.29 is 19.1 Å². The molecule has 0 saturated heterocycles. The molecule has 1 unspecified atom stereocenters. The molecule has 1 aromatic heterocycles. The Hall–Kier alpha value is -2.34. The second-order valence-corrected chi connectivity index (χ2v) is 10.3. The van der Waals surface area contributed by atoms with Gasteiger partial charge in [-0.1, -0.05) is 46.2 Å². The molecular formula is C25H33NO4S. The zero-order valence-corrected chi connectivity index (χ0v) is 20.0. The minimum atomic E-state index is -0.394. The van der Waals surface area contributed by atoms with Crippen LogP contribution in [0.3, 0.4) is 0 Å². The Labute approximate surface area is 189 Å². The number of unbranched alkanes of at least 4 members (excludes halogenated alkanes) is 1. The van der Waals surface area contributed by atoms with Crippen LogP contribution in [0.15, 0.2) is 24.3 Å². The molecule has 0 aliphatic heterocycles. The number of esters is 1.